The third-order valence-electron chi connectivity index (χ3n) is 3.17. The molecule has 0 bridgehead atoms. The van der Waals surface area contributed by atoms with Crippen LogP contribution in [0.25, 0.3) is 0 Å². The van der Waals surface area contributed by atoms with Gasteiger partial charge in [-0.1, -0.05) is 12.1 Å². The van der Waals surface area contributed by atoms with Crippen LogP contribution in [0.4, 0.5) is 4.39 Å². The van der Waals surface area contributed by atoms with Crippen molar-refractivity contribution in [3.63, 3.8) is 0 Å². The minimum absolute atomic E-state index is 0.0825. The van der Waals surface area contributed by atoms with E-state index in [9.17, 15) is 9.18 Å². The fraction of sp³-hybridized carbons (Fsp3) is 0.312. The number of benzene rings is 1. The van der Waals surface area contributed by atoms with E-state index in [-0.39, 0.29) is 24.3 Å². The summed E-state index contributed by atoms with van der Waals surface area (Å²) in [6.07, 6.45) is 1.61. The molecule has 1 atom stereocenters. The van der Waals surface area contributed by atoms with Crippen LogP contribution in [-0.2, 0) is 11.3 Å². The molecule has 21 heavy (non-hydrogen) atoms. The molecule has 0 saturated carbocycles. The highest BCUT2D eigenvalue weighted by Gasteiger charge is 2.12. The lowest BCUT2D eigenvalue weighted by molar-refractivity contribution is -0.122. The Morgan fingerprint density at radius 1 is 1.33 bits per heavy atom. The Hall–Kier alpha value is -2.14. The normalized spacial score (nSPS) is 12.4. The van der Waals surface area contributed by atoms with E-state index in [4.69, 9.17) is 4.42 Å². The average Bonchev–Trinajstić information content (AvgIpc) is 2.91. The van der Waals surface area contributed by atoms with Crippen LogP contribution in [0.15, 0.2) is 47.1 Å². The minimum atomic E-state index is -0.282. The maximum atomic E-state index is 12.9. The van der Waals surface area contributed by atoms with Crippen molar-refractivity contribution in [1.29, 1.82) is 0 Å². The lowest BCUT2D eigenvalue weighted by atomic mass is 10.1. The molecule has 0 aliphatic carbocycles. The number of amides is 1. The van der Waals surface area contributed by atoms with Crippen molar-refractivity contribution in [2.45, 2.75) is 19.5 Å². The van der Waals surface area contributed by atoms with E-state index in [0.29, 0.717) is 6.54 Å². The van der Waals surface area contributed by atoms with Gasteiger partial charge in [-0.2, -0.15) is 0 Å². The lowest BCUT2D eigenvalue weighted by Crippen LogP contribution is -2.36. The van der Waals surface area contributed by atoms with Gasteiger partial charge in [-0.15, -0.1) is 0 Å². The first kappa shape index (κ1) is 15.3. The molecular weight excluding hydrogens is 271 g/mol. The molecule has 2 aromatic rings. The number of carbonyl (C=O) groups is 1. The number of nitrogens with zero attached hydrogens (tertiary/aromatic N) is 1. The molecule has 1 aromatic carbocycles. The Morgan fingerprint density at radius 2 is 2.05 bits per heavy atom. The number of rotatable bonds is 6. The predicted molar refractivity (Wildman–Crippen MR) is 78.0 cm³/mol. The fourth-order valence-corrected chi connectivity index (χ4v) is 2.09. The zero-order valence-corrected chi connectivity index (χ0v) is 12.2. The molecule has 0 aliphatic heterocycles. The second-order valence-corrected chi connectivity index (χ2v) is 5.09. The molecule has 5 heteroatoms. The lowest BCUT2D eigenvalue weighted by Gasteiger charge is -2.18. The monoisotopic (exact) mass is 290 g/mol. The molecule has 1 aromatic heterocycles. The number of furan rings is 1. The summed E-state index contributed by atoms with van der Waals surface area (Å²) in [6, 6.07) is 9.66. The standard InChI is InChI=1S/C16H19FN2O2/c1-12(13-5-7-14(17)8-6-13)18-16(20)11-19(2)10-15-4-3-9-21-15/h3-9,12H,10-11H2,1-2H3,(H,18,20). The molecule has 1 unspecified atom stereocenters. The largest absolute Gasteiger partial charge is 0.468 e. The summed E-state index contributed by atoms with van der Waals surface area (Å²) in [7, 11) is 1.85. The highest BCUT2D eigenvalue weighted by Crippen LogP contribution is 2.12. The minimum Gasteiger partial charge on any atom is -0.468 e. The molecular formula is C16H19FN2O2. The predicted octanol–water partition coefficient (Wildman–Crippen LogP) is 2.73. The molecule has 2 rings (SSSR count). The van der Waals surface area contributed by atoms with Crippen molar-refractivity contribution in [2.75, 3.05) is 13.6 Å². The summed E-state index contributed by atoms with van der Waals surface area (Å²) >= 11 is 0. The van der Waals surface area contributed by atoms with Crippen LogP contribution >= 0.6 is 0 Å². The number of hydrogen-bond donors (Lipinski definition) is 1. The van der Waals surface area contributed by atoms with Crippen molar-refractivity contribution >= 4 is 5.91 Å². The third kappa shape index (κ3) is 4.72. The smallest absolute Gasteiger partial charge is 0.234 e. The van der Waals surface area contributed by atoms with Crippen LogP contribution in [-0.4, -0.2) is 24.4 Å². The van der Waals surface area contributed by atoms with Crippen molar-refractivity contribution in [2.24, 2.45) is 0 Å². The first-order valence-corrected chi connectivity index (χ1v) is 6.80. The fourth-order valence-electron chi connectivity index (χ4n) is 2.09. The van der Waals surface area contributed by atoms with Gasteiger partial charge in [0.15, 0.2) is 0 Å². The zero-order valence-electron chi connectivity index (χ0n) is 12.2. The van der Waals surface area contributed by atoms with Crippen molar-refractivity contribution in [1.82, 2.24) is 10.2 Å². The van der Waals surface area contributed by atoms with Gasteiger partial charge in [0.1, 0.15) is 11.6 Å². The molecule has 0 radical (unpaired) electrons. The van der Waals surface area contributed by atoms with E-state index >= 15 is 0 Å². The van der Waals surface area contributed by atoms with Gasteiger partial charge in [0.25, 0.3) is 0 Å². The van der Waals surface area contributed by atoms with E-state index in [1.165, 1.54) is 12.1 Å². The first-order valence-electron chi connectivity index (χ1n) is 6.80. The van der Waals surface area contributed by atoms with Crippen LogP contribution in [0, 0.1) is 5.82 Å². The van der Waals surface area contributed by atoms with Gasteiger partial charge >= 0.3 is 0 Å². The molecule has 4 nitrogen and oxygen atoms in total. The summed E-state index contributed by atoms with van der Waals surface area (Å²) in [5.74, 6) is 0.452. The van der Waals surface area contributed by atoms with Crippen molar-refractivity contribution in [3.8, 4) is 0 Å². The summed E-state index contributed by atoms with van der Waals surface area (Å²) in [5.41, 5.74) is 0.874. The number of carbonyl (C=O) groups excluding carboxylic acids is 1. The zero-order chi connectivity index (χ0) is 15.2. The second-order valence-electron chi connectivity index (χ2n) is 5.09. The Balaban J connectivity index is 1.82. The van der Waals surface area contributed by atoms with Crippen molar-refractivity contribution in [3.05, 3.63) is 59.8 Å². The van der Waals surface area contributed by atoms with Crippen LogP contribution < -0.4 is 5.32 Å². The van der Waals surface area contributed by atoms with Gasteiger partial charge in [-0.25, -0.2) is 4.39 Å². The summed E-state index contributed by atoms with van der Waals surface area (Å²) < 4.78 is 18.1. The topological polar surface area (TPSA) is 45.5 Å². The number of nitrogens with one attached hydrogen (secondary N) is 1. The van der Waals surface area contributed by atoms with Crippen LogP contribution in [0.2, 0.25) is 0 Å². The Bertz CT molecular complexity index is 566. The Labute approximate surface area is 123 Å². The molecule has 0 fully saturated rings. The molecule has 0 aliphatic rings. The van der Waals surface area contributed by atoms with Gasteiger partial charge in [0, 0.05) is 0 Å². The van der Waals surface area contributed by atoms with E-state index in [1.807, 2.05) is 31.0 Å². The molecule has 1 heterocycles. The summed E-state index contributed by atoms with van der Waals surface area (Å²) in [6.45, 7) is 2.72. The molecule has 1 N–H and O–H groups in total. The Morgan fingerprint density at radius 3 is 2.67 bits per heavy atom. The molecule has 0 spiro atoms. The van der Waals surface area contributed by atoms with E-state index in [1.54, 1.807) is 18.4 Å². The van der Waals surface area contributed by atoms with Crippen molar-refractivity contribution < 1.29 is 13.6 Å². The van der Waals surface area contributed by atoms with Crippen LogP contribution in [0.1, 0.15) is 24.3 Å². The van der Waals surface area contributed by atoms with E-state index in [2.05, 4.69) is 5.32 Å². The molecule has 1 amide bonds. The highest BCUT2D eigenvalue weighted by atomic mass is 19.1. The van der Waals surface area contributed by atoms with E-state index < -0.39 is 0 Å². The summed E-state index contributed by atoms with van der Waals surface area (Å²) in [4.78, 5) is 13.8. The van der Waals surface area contributed by atoms with Gasteiger partial charge in [-0.05, 0) is 43.8 Å². The van der Waals surface area contributed by atoms with E-state index in [0.717, 1.165) is 11.3 Å². The number of hydrogen-bond acceptors (Lipinski definition) is 3. The van der Waals surface area contributed by atoms with Gasteiger partial charge < -0.3 is 9.73 Å². The van der Waals surface area contributed by atoms with Gasteiger partial charge in [0.05, 0.1) is 25.4 Å². The van der Waals surface area contributed by atoms with Gasteiger partial charge in [-0.3, -0.25) is 9.69 Å². The summed E-state index contributed by atoms with van der Waals surface area (Å²) in [5, 5.41) is 2.89. The number of halogens is 1. The molecule has 0 saturated heterocycles. The maximum absolute atomic E-state index is 12.9. The third-order valence-corrected chi connectivity index (χ3v) is 3.17. The van der Waals surface area contributed by atoms with Crippen LogP contribution in [0.5, 0.6) is 0 Å². The maximum Gasteiger partial charge on any atom is 0.234 e. The quantitative estimate of drug-likeness (QED) is 0.889. The SMILES string of the molecule is CC(NC(=O)CN(C)Cc1ccco1)c1ccc(F)cc1. The highest BCUT2D eigenvalue weighted by molar-refractivity contribution is 5.78. The average molecular weight is 290 g/mol. The Kier molecular flexibility index (Phi) is 5.11. The second kappa shape index (κ2) is 7.04. The number of likely N-dealkylation sites (N-methyl/N-ethyl adjacent to an activating group) is 1. The van der Waals surface area contributed by atoms with Gasteiger partial charge in [0.2, 0.25) is 5.91 Å². The first-order chi connectivity index (χ1) is 10.0. The van der Waals surface area contributed by atoms with Crippen LogP contribution in [0.3, 0.4) is 0 Å². The molecule has 112 valence electrons.